The Hall–Kier alpha value is -2.00. The second-order valence-electron chi connectivity index (χ2n) is 4.39. The molecule has 0 radical (unpaired) electrons. The number of carbonyl (C=O) groups excluding carboxylic acids is 1. The normalized spacial score (nSPS) is 15.1. The van der Waals surface area contributed by atoms with Crippen LogP contribution >= 0.6 is 0 Å². The van der Waals surface area contributed by atoms with Crippen molar-refractivity contribution in [3.8, 4) is 0 Å². The number of hydrogen-bond acceptors (Lipinski definition) is 2. The number of rotatable bonds is 2. The van der Waals surface area contributed by atoms with Crippen molar-refractivity contribution in [3.05, 3.63) is 45.3 Å². The molecule has 0 aromatic heterocycles. The second kappa shape index (κ2) is 4.47. The van der Waals surface area contributed by atoms with E-state index >= 15 is 0 Å². The molecule has 0 spiro atoms. The Bertz CT molecular complexity index is 499. The van der Waals surface area contributed by atoms with Gasteiger partial charge in [0.1, 0.15) is 0 Å². The van der Waals surface area contributed by atoms with Crippen LogP contribution in [0, 0.1) is 13.8 Å². The van der Waals surface area contributed by atoms with Crippen LogP contribution in [0.1, 0.15) is 21.5 Å². The highest BCUT2D eigenvalue weighted by molar-refractivity contribution is 5.96. The van der Waals surface area contributed by atoms with Crippen molar-refractivity contribution < 1.29 is 4.79 Å². The molecule has 1 aromatic carbocycles. The molecule has 1 aliphatic heterocycles. The summed E-state index contributed by atoms with van der Waals surface area (Å²) in [5.41, 5.74) is 11.1. The first-order valence-corrected chi connectivity index (χ1v) is 5.52. The molecule has 0 atom stereocenters. The molecule has 88 valence electrons. The summed E-state index contributed by atoms with van der Waals surface area (Å²) in [5, 5.41) is 3.58. The van der Waals surface area contributed by atoms with Crippen LogP contribution in [0.2, 0.25) is 0 Å². The SMILES string of the molecule is Cc1ccc(C)c(C(=O)N2CC(N=[N+]=[N-])C2)c1. The third-order valence-corrected chi connectivity index (χ3v) is 2.99. The highest BCUT2D eigenvalue weighted by Crippen LogP contribution is 2.19. The molecule has 5 heteroatoms. The summed E-state index contributed by atoms with van der Waals surface area (Å²) in [5.74, 6) is 0.0237. The third kappa shape index (κ3) is 2.24. The van der Waals surface area contributed by atoms with Crippen LogP contribution in [-0.4, -0.2) is 29.9 Å². The number of azide groups is 1. The summed E-state index contributed by atoms with van der Waals surface area (Å²) >= 11 is 0. The van der Waals surface area contributed by atoms with Crippen molar-refractivity contribution in [1.82, 2.24) is 4.90 Å². The van der Waals surface area contributed by atoms with Gasteiger partial charge in [0.25, 0.3) is 5.91 Å². The van der Waals surface area contributed by atoms with Gasteiger partial charge in [0.2, 0.25) is 0 Å². The first-order valence-electron chi connectivity index (χ1n) is 5.52. The zero-order chi connectivity index (χ0) is 12.4. The van der Waals surface area contributed by atoms with Gasteiger partial charge in [-0.1, -0.05) is 22.8 Å². The number of benzene rings is 1. The van der Waals surface area contributed by atoms with Gasteiger partial charge in [-0.3, -0.25) is 4.79 Å². The summed E-state index contributed by atoms with van der Waals surface area (Å²) in [6, 6.07) is 5.78. The summed E-state index contributed by atoms with van der Waals surface area (Å²) in [6.07, 6.45) is 0. The van der Waals surface area contributed by atoms with Crippen molar-refractivity contribution in [1.29, 1.82) is 0 Å². The maximum absolute atomic E-state index is 12.1. The summed E-state index contributed by atoms with van der Waals surface area (Å²) in [7, 11) is 0. The van der Waals surface area contributed by atoms with E-state index in [1.165, 1.54) is 0 Å². The molecule has 1 heterocycles. The van der Waals surface area contributed by atoms with E-state index < -0.39 is 0 Å². The fourth-order valence-electron chi connectivity index (χ4n) is 1.90. The molecule has 0 saturated carbocycles. The predicted octanol–water partition coefficient (Wildman–Crippen LogP) is 2.44. The van der Waals surface area contributed by atoms with Gasteiger partial charge in [0.05, 0.1) is 6.04 Å². The fourth-order valence-corrected chi connectivity index (χ4v) is 1.90. The van der Waals surface area contributed by atoms with E-state index in [1.54, 1.807) is 4.90 Å². The van der Waals surface area contributed by atoms with Crippen LogP contribution in [0.3, 0.4) is 0 Å². The number of amides is 1. The molecule has 1 aromatic rings. The van der Waals surface area contributed by atoms with E-state index in [1.807, 2.05) is 32.0 Å². The topological polar surface area (TPSA) is 69.1 Å². The third-order valence-electron chi connectivity index (χ3n) is 2.99. The molecule has 0 bridgehead atoms. The molecule has 5 nitrogen and oxygen atoms in total. The average Bonchev–Trinajstić information content (AvgIpc) is 2.25. The highest BCUT2D eigenvalue weighted by Gasteiger charge is 2.30. The first-order chi connectivity index (χ1) is 8.11. The van der Waals surface area contributed by atoms with Crippen LogP contribution in [0.5, 0.6) is 0 Å². The van der Waals surface area contributed by atoms with E-state index in [4.69, 9.17) is 5.53 Å². The Morgan fingerprint density at radius 1 is 1.47 bits per heavy atom. The Morgan fingerprint density at radius 3 is 2.82 bits per heavy atom. The quantitative estimate of drug-likeness (QED) is 0.437. The van der Waals surface area contributed by atoms with Gasteiger partial charge in [-0.2, -0.15) is 0 Å². The standard InChI is InChI=1S/C12H14N4O/c1-8-3-4-9(2)11(5-8)12(17)16-6-10(7-16)14-15-13/h3-5,10H,6-7H2,1-2H3. The van der Waals surface area contributed by atoms with E-state index in [-0.39, 0.29) is 11.9 Å². The lowest BCUT2D eigenvalue weighted by Crippen LogP contribution is -2.52. The molecular weight excluding hydrogens is 216 g/mol. The number of aryl methyl sites for hydroxylation is 2. The molecular formula is C12H14N4O. The van der Waals surface area contributed by atoms with Gasteiger partial charge >= 0.3 is 0 Å². The van der Waals surface area contributed by atoms with E-state index in [0.717, 1.165) is 16.7 Å². The molecule has 1 fully saturated rings. The largest absolute Gasteiger partial charge is 0.338 e. The highest BCUT2D eigenvalue weighted by atomic mass is 16.2. The zero-order valence-corrected chi connectivity index (χ0v) is 9.92. The van der Waals surface area contributed by atoms with Crippen LogP contribution in [0.4, 0.5) is 0 Å². The van der Waals surface area contributed by atoms with Crippen LogP contribution < -0.4 is 0 Å². The first kappa shape index (κ1) is 11.5. The fraction of sp³-hybridized carbons (Fsp3) is 0.417. The average molecular weight is 230 g/mol. The van der Waals surface area contributed by atoms with Gasteiger partial charge < -0.3 is 4.90 Å². The summed E-state index contributed by atoms with van der Waals surface area (Å²) in [6.45, 7) is 4.94. The minimum Gasteiger partial charge on any atom is -0.338 e. The summed E-state index contributed by atoms with van der Waals surface area (Å²) in [4.78, 5) is 16.6. The predicted molar refractivity (Wildman–Crippen MR) is 64.8 cm³/mol. The van der Waals surface area contributed by atoms with Gasteiger partial charge in [0, 0.05) is 23.6 Å². The number of carbonyl (C=O) groups is 1. The van der Waals surface area contributed by atoms with Crippen molar-refractivity contribution in [3.63, 3.8) is 0 Å². The molecule has 1 amide bonds. The van der Waals surface area contributed by atoms with Gasteiger partial charge in [0.15, 0.2) is 0 Å². The van der Waals surface area contributed by atoms with Crippen LogP contribution in [-0.2, 0) is 0 Å². The van der Waals surface area contributed by atoms with E-state index in [2.05, 4.69) is 10.0 Å². The molecule has 17 heavy (non-hydrogen) atoms. The van der Waals surface area contributed by atoms with Crippen LogP contribution in [0.15, 0.2) is 23.3 Å². The van der Waals surface area contributed by atoms with Crippen molar-refractivity contribution >= 4 is 5.91 Å². The molecule has 2 rings (SSSR count). The maximum Gasteiger partial charge on any atom is 0.254 e. The maximum atomic E-state index is 12.1. The smallest absolute Gasteiger partial charge is 0.254 e. The second-order valence-corrected chi connectivity index (χ2v) is 4.39. The zero-order valence-electron chi connectivity index (χ0n) is 9.92. The van der Waals surface area contributed by atoms with Crippen molar-refractivity contribution in [2.75, 3.05) is 13.1 Å². The van der Waals surface area contributed by atoms with Crippen molar-refractivity contribution in [2.24, 2.45) is 5.11 Å². The van der Waals surface area contributed by atoms with Crippen molar-refractivity contribution in [2.45, 2.75) is 19.9 Å². The monoisotopic (exact) mass is 230 g/mol. The number of likely N-dealkylation sites (tertiary alicyclic amines) is 1. The van der Waals surface area contributed by atoms with Crippen LogP contribution in [0.25, 0.3) is 10.4 Å². The molecule has 0 N–H and O–H groups in total. The Morgan fingerprint density at radius 2 is 2.18 bits per heavy atom. The number of nitrogens with zero attached hydrogens (tertiary/aromatic N) is 4. The van der Waals surface area contributed by atoms with E-state index in [9.17, 15) is 4.79 Å². The minimum atomic E-state index is -0.0611. The lowest BCUT2D eigenvalue weighted by molar-refractivity contribution is 0.0608. The molecule has 0 aliphatic carbocycles. The van der Waals surface area contributed by atoms with E-state index in [0.29, 0.717) is 13.1 Å². The summed E-state index contributed by atoms with van der Waals surface area (Å²) < 4.78 is 0. The van der Waals surface area contributed by atoms with Gasteiger partial charge in [-0.15, -0.1) is 0 Å². The Labute approximate surface area is 99.7 Å². The minimum absolute atomic E-state index is 0.0237. The molecule has 1 aliphatic rings. The Balaban J connectivity index is 2.11. The molecule has 0 unspecified atom stereocenters. The Kier molecular flexibility index (Phi) is 3.02. The van der Waals surface area contributed by atoms with Gasteiger partial charge in [-0.05, 0) is 31.0 Å². The lowest BCUT2D eigenvalue weighted by Gasteiger charge is -2.36. The molecule has 1 saturated heterocycles. The number of hydrogen-bond donors (Lipinski definition) is 0. The van der Waals surface area contributed by atoms with Gasteiger partial charge in [-0.25, -0.2) is 0 Å². The lowest BCUT2D eigenvalue weighted by atomic mass is 10.0.